The van der Waals surface area contributed by atoms with Gasteiger partial charge < -0.3 is 38.5 Å². The molecular formula is C32H39NO8. The molecule has 1 fully saturated rings. The zero-order chi connectivity index (χ0) is 28.1. The number of carbonyl (C=O) groups is 1. The van der Waals surface area contributed by atoms with Gasteiger partial charge in [0.2, 0.25) is 5.91 Å². The first kappa shape index (κ1) is 29.6. The molecule has 0 saturated carbocycles. The van der Waals surface area contributed by atoms with Crippen LogP contribution in [0, 0.1) is 0 Å². The van der Waals surface area contributed by atoms with Gasteiger partial charge in [0.05, 0.1) is 85.4 Å². The monoisotopic (exact) mass is 565 g/mol. The van der Waals surface area contributed by atoms with Crippen LogP contribution < -0.4 is 5.32 Å². The maximum atomic E-state index is 12.3. The van der Waals surface area contributed by atoms with Crippen LogP contribution in [-0.2, 0) is 44.6 Å². The van der Waals surface area contributed by atoms with Crippen molar-refractivity contribution >= 4 is 38.2 Å². The molecule has 1 aliphatic rings. The molecule has 41 heavy (non-hydrogen) atoms. The van der Waals surface area contributed by atoms with E-state index in [0.29, 0.717) is 85.8 Å². The van der Waals surface area contributed by atoms with E-state index in [-0.39, 0.29) is 18.6 Å². The van der Waals surface area contributed by atoms with Crippen molar-refractivity contribution in [2.24, 2.45) is 0 Å². The maximum absolute atomic E-state index is 12.3. The van der Waals surface area contributed by atoms with Gasteiger partial charge in [-0.3, -0.25) is 4.79 Å². The molecule has 1 unspecified atom stereocenters. The minimum absolute atomic E-state index is 0.0490. The van der Waals surface area contributed by atoms with Gasteiger partial charge in [-0.25, -0.2) is 0 Å². The SMILES string of the molecule is O=C(COCCOCc1ccc2ccc3cccc4ccc1c2c34)NCC1COCCOCCOCCOCCO1. The van der Waals surface area contributed by atoms with E-state index in [0.717, 1.165) is 5.56 Å². The van der Waals surface area contributed by atoms with Gasteiger partial charge in [0.15, 0.2) is 0 Å². The van der Waals surface area contributed by atoms with Crippen LogP contribution in [0.25, 0.3) is 32.3 Å². The molecule has 0 aliphatic carbocycles. The number of carbonyl (C=O) groups excluding carboxylic acids is 1. The Bertz CT molecular complexity index is 1330. The van der Waals surface area contributed by atoms with Gasteiger partial charge in [-0.05, 0) is 37.9 Å². The normalized spacial score (nSPS) is 18.4. The average molecular weight is 566 g/mol. The summed E-state index contributed by atoms with van der Waals surface area (Å²) in [5, 5.41) is 10.4. The summed E-state index contributed by atoms with van der Waals surface area (Å²) in [6.45, 7) is 5.65. The molecule has 0 spiro atoms. The van der Waals surface area contributed by atoms with Crippen LogP contribution in [0.5, 0.6) is 0 Å². The molecular weight excluding hydrogens is 526 g/mol. The van der Waals surface area contributed by atoms with Crippen molar-refractivity contribution in [1.82, 2.24) is 5.32 Å². The summed E-state index contributed by atoms with van der Waals surface area (Å²) in [6, 6.07) is 19.4. The van der Waals surface area contributed by atoms with Crippen LogP contribution >= 0.6 is 0 Å². The van der Waals surface area contributed by atoms with Crippen LogP contribution in [0.2, 0.25) is 0 Å². The second-order valence-corrected chi connectivity index (χ2v) is 9.89. The average Bonchev–Trinajstić information content (AvgIpc) is 3.01. The number of ether oxygens (including phenoxy) is 7. The summed E-state index contributed by atoms with van der Waals surface area (Å²) in [7, 11) is 0. The Balaban J connectivity index is 1.01. The standard InChI is InChI=1S/C32H39NO8/c34-30(33-20-28-22-39-15-14-36-11-10-35-12-13-37-18-19-41-28)23-40-17-16-38-21-27-7-6-26-5-4-24-2-1-3-25-8-9-29(27)32(26)31(24)25/h1-9,28H,10-23H2,(H,33,34). The quantitative estimate of drug-likeness (QED) is 0.243. The first-order chi connectivity index (χ1) is 20.3. The summed E-state index contributed by atoms with van der Waals surface area (Å²) in [5.41, 5.74) is 1.14. The summed E-state index contributed by atoms with van der Waals surface area (Å²) in [6.07, 6.45) is -0.294. The van der Waals surface area contributed by atoms with Crippen molar-refractivity contribution in [2.45, 2.75) is 12.7 Å². The van der Waals surface area contributed by atoms with E-state index in [4.69, 9.17) is 33.2 Å². The Morgan fingerprint density at radius 1 is 0.707 bits per heavy atom. The topological polar surface area (TPSA) is 93.7 Å². The van der Waals surface area contributed by atoms with Crippen LogP contribution in [0.4, 0.5) is 0 Å². The fourth-order valence-corrected chi connectivity index (χ4v) is 4.98. The lowest BCUT2D eigenvalue weighted by Gasteiger charge is -2.19. The van der Waals surface area contributed by atoms with Crippen molar-refractivity contribution in [3.8, 4) is 0 Å². The van der Waals surface area contributed by atoms with Crippen LogP contribution in [0.1, 0.15) is 5.56 Å². The number of hydrogen-bond donors (Lipinski definition) is 1. The molecule has 1 atom stereocenters. The van der Waals surface area contributed by atoms with Crippen molar-refractivity contribution in [3.05, 3.63) is 60.2 Å². The molecule has 5 rings (SSSR count). The van der Waals surface area contributed by atoms with Gasteiger partial charge >= 0.3 is 0 Å². The highest BCUT2D eigenvalue weighted by Gasteiger charge is 2.13. The lowest BCUT2D eigenvalue weighted by Crippen LogP contribution is -2.39. The van der Waals surface area contributed by atoms with Gasteiger partial charge in [0.1, 0.15) is 6.61 Å². The third kappa shape index (κ3) is 8.56. The highest BCUT2D eigenvalue weighted by Crippen LogP contribution is 2.36. The molecule has 4 aromatic rings. The fourth-order valence-electron chi connectivity index (χ4n) is 4.98. The Kier molecular flexibility index (Phi) is 11.5. The molecule has 0 radical (unpaired) electrons. The number of rotatable bonds is 9. The molecule has 9 heteroatoms. The van der Waals surface area contributed by atoms with Gasteiger partial charge in [-0.2, -0.15) is 0 Å². The number of hydrogen-bond acceptors (Lipinski definition) is 8. The second kappa shape index (κ2) is 15.9. The van der Waals surface area contributed by atoms with Crippen molar-refractivity contribution < 1.29 is 38.0 Å². The summed E-state index contributed by atoms with van der Waals surface area (Å²) >= 11 is 0. The zero-order valence-corrected chi connectivity index (χ0v) is 23.4. The largest absolute Gasteiger partial charge is 0.377 e. The predicted octanol–water partition coefficient (Wildman–Crippen LogP) is 3.70. The zero-order valence-electron chi connectivity index (χ0n) is 23.4. The first-order valence-corrected chi connectivity index (χ1v) is 14.3. The van der Waals surface area contributed by atoms with E-state index in [2.05, 4.69) is 59.9 Å². The summed E-state index contributed by atoms with van der Waals surface area (Å²) < 4.78 is 39.3. The van der Waals surface area contributed by atoms with E-state index >= 15 is 0 Å². The van der Waals surface area contributed by atoms with Crippen LogP contribution in [0.15, 0.2) is 54.6 Å². The van der Waals surface area contributed by atoms with Crippen molar-refractivity contribution in [2.75, 3.05) is 85.8 Å². The molecule has 220 valence electrons. The number of amides is 1. The Morgan fingerprint density at radius 2 is 1.32 bits per heavy atom. The molecule has 1 aliphatic heterocycles. The molecule has 0 aromatic heterocycles. The van der Waals surface area contributed by atoms with Crippen molar-refractivity contribution in [3.63, 3.8) is 0 Å². The Labute approximate surface area is 240 Å². The number of benzene rings is 4. The van der Waals surface area contributed by atoms with Gasteiger partial charge in [0, 0.05) is 6.54 Å². The second-order valence-electron chi connectivity index (χ2n) is 9.89. The van der Waals surface area contributed by atoms with Gasteiger partial charge in [-0.1, -0.05) is 54.6 Å². The van der Waals surface area contributed by atoms with E-state index in [1.165, 1.54) is 32.3 Å². The molecule has 0 bridgehead atoms. The van der Waals surface area contributed by atoms with E-state index in [1.807, 2.05) is 0 Å². The molecule has 9 nitrogen and oxygen atoms in total. The van der Waals surface area contributed by atoms with E-state index in [1.54, 1.807) is 0 Å². The molecule has 1 N–H and O–H groups in total. The number of nitrogens with one attached hydrogen (secondary N) is 1. The lowest BCUT2D eigenvalue weighted by atomic mass is 9.92. The minimum atomic E-state index is -0.294. The summed E-state index contributed by atoms with van der Waals surface area (Å²) in [5.74, 6) is -0.215. The Morgan fingerprint density at radius 3 is 2.07 bits per heavy atom. The minimum Gasteiger partial charge on any atom is -0.377 e. The predicted molar refractivity (Wildman–Crippen MR) is 157 cm³/mol. The third-order valence-corrected chi connectivity index (χ3v) is 7.01. The molecule has 4 aromatic carbocycles. The van der Waals surface area contributed by atoms with E-state index < -0.39 is 0 Å². The van der Waals surface area contributed by atoms with Crippen LogP contribution in [-0.4, -0.2) is 97.8 Å². The molecule has 1 amide bonds. The van der Waals surface area contributed by atoms with Gasteiger partial charge in [0.25, 0.3) is 0 Å². The smallest absolute Gasteiger partial charge is 0.246 e. The highest BCUT2D eigenvalue weighted by molar-refractivity contribution is 6.23. The van der Waals surface area contributed by atoms with Crippen LogP contribution in [0.3, 0.4) is 0 Å². The summed E-state index contributed by atoms with van der Waals surface area (Å²) in [4.78, 5) is 12.3. The Hall–Kier alpha value is -2.89. The lowest BCUT2D eigenvalue weighted by molar-refractivity contribution is -0.127. The molecule has 1 saturated heterocycles. The van der Waals surface area contributed by atoms with E-state index in [9.17, 15) is 4.79 Å². The van der Waals surface area contributed by atoms with Crippen molar-refractivity contribution in [1.29, 1.82) is 0 Å². The maximum Gasteiger partial charge on any atom is 0.246 e. The van der Waals surface area contributed by atoms with Gasteiger partial charge in [-0.15, -0.1) is 0 Å². The highest BCUT2D eigenvalue weighted by atomic mass is 16.6. The molecule has 1 heterocycles. The fraction of sp³-hybridized carbons (Fsp3) is 0.469. The first-order valence-electron chi connectivity index (χ1n) is 14.3. The third-order valence-electron chi connectivity index (χ3n) is 7.01.